The minimum Gasteiger partial charge on any atom is -0.496 e. The largest absolute Gasteiger partial charge is 0.496 e. The third-order valence-corrected chi connectivity index (χ3v) is 2.97. The van der Waals surface area contributed by atoms with Crippen LogP contribution in [0.4, 0.5) is 0 Å². The van der Waals surface area contributed by atoms with Crippen molar-refractivity contribution in [3.63, 3.8) is 0 Å². The topological polar surface area (TPSA) is 41.5 Å². The van der Waals surface area contributed by atoms with E-state index in [1.807, 2.05) is 25.1 Å². The van der Waals surface area contributed by atoms with Crippen molar-refractivity contribution >= 4 is 0 Å². The first-order valence-electron chi connectivity index (χ1n) is 5.29. The molecule has 1 aliphatic heterocycles. The predicted octanol–water partition coefficient (Wildman–Crippen LogP) is 1.40. The van der Waals surface area contributed by atoms with Crippen LogP contribution in [0, 0.1) is 6.92 Å². The summed E-state index contributed by atoms with van der Waals surface area (Å²) in [6.45, 7) is 2.88. The Balaban J connectivity index is 2.38. The van der Waals surface area contributed by atoms with E-state index in [2.05, 4.69) is 5.32 Å². The number of rotatable bonds is 2. The van der Waals surface area contributed by atoms with Crippen molar-refractivity contribution in [3.05, 3.63) is 29.3 Å². The summed E-state index contributed by atoms with van der Waals surface area (Å²) in [5, 5.41) is 13.1. The molecule has 0 amide bonds. The van der Waals surface area contributed by atoms with Crippen molar-refractivity contribution < 1.29 is 9.84 Å². The second kappa shape index (κ2) is 4.21. The predicted molar refractivity (Wildman–Crippen MR) is 59.1 cm³/mol. The summed E-state index contributed by atoms with van der Waals surface area (Å²) in [6, 6.07) is 6.04. The number of benzene rings is 1. The number of methoxy groups -OCH3 is 1. The summed E-state index contributed by atoms with van der Waals surface area (Å²) in [7, 11) is 1.67. The molecular formula is C12H17NO2. The molecule has 1 fully saturated rings. The third-order valence-electron chi connectivity index (χ3n) is 2.97. The van der Waals surface area contributed by atoms with Crippen molar-refractivity contribution in [1.82, 2.24) is 5.32 Å². The van der Waals surface area contributed by atoms with Crippen molar-refractivity contribution in [2.45, 2.75) is 25.5 Å². The van der Waals surface area contributed by atoms with Gasteiger partial charge in [0.05, 0.1) is 19.3 Å². The molecule has 0 saturated carbocycles. The summed E-state index contributed by atoms with van der Waals surface area (Å²) in [6.07, 6.45) is 0.502. The molecule has 82 valence electrons. The van der Waals surface area contributed by atoms with Gasteiger partial charge in [-0.25, -0.2) is 0 Å². The zero-order chi connectivity index (χ0) is 10.8. The van der Waals surface area contributed by atoms with Crippen LogP contribution in [0.1, 0.15) is 23.6 Å². The van der Waals surface area contributed by atoms with Crippen molar-refractivity contribution in [3.8, 4) is 5.75 Å². The molecule has 0 spiro atoms. The van der Waals surface area contributed by atoms with Gasteiger partial charge < -0.3 is 15.2 Å². The summed E-state index contributed by atoms with van der Waals surface area (Å²) in [4.78, 5) is 0. The maximum absolute atomic E-state index is 9.84. The first kappa shape index (κ1) is 10.5. The molecule has 2 N–H and O–H groups in total. The molecule has 3 heteroatoms. The van der Waals surface area contributed by atoms with Gasteiger partial charge in [-0.3, -0.25) is 0 Å². The van der Waals surface area contributed by atoms with Crippen LogP contribution in [0.2, 0.25) is 0 Å². The maximum Gasteiger partial charge on any atom is 0.126 e. The van der Waals surface area contributed by atoms with E-state index in [0.29, 0.717) is 0 Å². The molecule has 2 rings (SSSR count). The Morgan fingerprint density at radius 1 is 1.47 bits per heavy atom. The second-order valence-electron chi connectivity index (χ2n) is 3.99. The van der Waals surface area contributed by atoms with E-state index >= 15 is 0 Å². The third kappa shape index (κ3) is 1.85. The number of hydrogen-bond donors (Lipinski definition) is 2. The van der Waals surface area contributed by atoms with Crippen LogP contribution in [0.5, 0.6) is 5.75 Å². The Kier molecular flexibility index (Phi) is 2.93. The average molecular weight is 207 g/mol. The average Bonchev–Trinajstić information content (AvgIpc) is 2.64. The number of ether oxygens (including phenoxy) is 1. The van der Waals surface area contributed by atoms with Gasteiger partial charge in [-0.15, -0.1) is 0 Å². The minimum atomic E-state index is -0.305. The molecule has 2 atom stereocenters. The number of para-hydroxylation sites is 1. The SMILES string of the molecule is COc1c(C)cccc1C1NCCC1O. The Labute approximate surface area is 90.1 Å². The van der Waals surface area contributed by atoms with Crippen LogP contribution in [-0.2, 0) is 0 Å². The van der Waals surface area contributed by atoms with Crippen LogP contribution in [0.3, 0.4) is 0 Å². The van der Waals surface area contributed by atoms with Gasteiger partial charge in [-0.05, 0) is 25.5 Å². The molecule has 0 aliphatic carbocycles. The molecule has 0 aromatic heterocycles. The van der Waals surface area contributed by atoms with Crippen molar-refractivity contribution in [1.29, 1.82) is 0 Å². The zero-order valence-corrected chi connectivity index (χ0v) is 9.16. The molecule has 1 aliphatic rings. The lowest BCUT2D eigenvalue weighted by molar-refractivity contribution is 0.158. The summed E-state index contributed by atoms with van der Waals surface area (Å²) in [5.74, 6) is 0.885. The highest BCUT2D eigenvalue weighted by Gasteiger charge is 2.28. The molecule has 1 saturated heterocycles. The van der Waals surface area contributed by atoms with E-state index in [1.54, 1.807) is 7.11 Å². The Hall–Kier alpha value is -1.06. The number of nitrogens with one attached hydrogen (secondary N) is 1. The first-order valence-corrected chi connectivity index (χ1v) is 5.29. The fourth-order valence-electron chi connectivity index (χ4n) is 2.21. The number of aliphatic hydroxyl groups is 1. The van der Waals surface area contributed by atoms with Gasteiger partial charge in [0, 0.05) is 5.56 Å². The van der Waals surface area contributed by atoms with Gasteiger partial charge in [-0.1, -0.05) is 18.2 Å². The van der Waals surface area contributed by atoms with Gasteiger partial charge in [0.2, 0.25) is 0 Å². The van der Waals surface area contributed by atoms with E-state index in [4.69, 9.17) is 4.74 Å². The molecule has 1 aromatic carbocycles. The lowest BCUT2D eigenvalue weighted by atomic mass is 9.99. The molecule has 0 bridgehead atoms. The minimum absolute atomic E-state index is 0.0137. The van der Waals surface area contributed by atoms with Gasteiger partial charge in [-0.2, -0.15) is 0 Å². The number of hydrogen-bond acceptors (Lipinski definition) is 3. The van der Waals surface area contributed by atoms with E-state index < -0.39 is 0 Å². The van der Waals surface area contributed by atoms with Gasteiger partial charge >= 0.3 is 0 Å². The van der Waals surface area contributed by atoms with E-state index in [0.717, 1.165) is 29.8 Å². The van der Waals surface area contributed by atoms with Crippen LogP contribution < -0.4 is 10.1 Å². The molecule has 2 unspecified atom stereocenters. The smallest absolute Gasteiger partial charge is 0.126 e. The van der Waals surface area contributed by atoms with E-state index in [1.165, 1.54) is 0 Å². The summed E-state index contributed by atoms with van der Waals surface area (Å²) < 4.78 is 5.39. The van der Waals surface area contributed by atoms with Crippen LogP contribution >= 0.6 is 0 Å². The zero-order valence-electron chi connectivity index (χ0n) is 9.16. The van der Waals surface area contributed by atoms with Crippen LogP contribution in [0.15, 0.2) is 18.2 Å². The Bertz CT molecular complexity index is 351. The molecule has 15 heavy (non-hydrogen) atoms. The molecule has 0 radical (unpaired) electrons. The number of aliphatic hydroxyl groups excluding tert-OH is 1. The monoisotopic (exact) mass is 207 g/mol. The maximum atomic E-state index is 9.84. The van der Waals surface area contributed by atoms with E-state index in [-0.39, 0.29) is 12.1 Å². The summed E-state index contributed by atoms with van der Waals surface area (Å²) >= 11 is 0. The lowest BCUT2D eigenvalue weighted by Gasteiger charge is -2.19. The van der Waals surface area contributed by atoms with E-state index in [9.17, 15) is 5.11 Å². The Morgan fingerprint density at radius 2 is 2.27 bits per heavy atom. The van der Waals surface area contributed by atoms with Gasteiger partial charge in [0.25, 0.3) is 0 Å². The highest BCUT2D eigenvalue weighted by molar-refractivity contribution is 5.43. The van der Waals surface area contributed by atoms with Crippen molar-refractivity contribution in [2.24, 2.45) is 0 Å². The standard InChI is InChI=1S/C12H17NO2/c1-8-4-3-5-9(12(8)15-2)11-10(14)6-7-13-11/h3-5,10-11,13-14H,6-7H2,1-2H3. The fraction of sp³-hybridized carbons (Fsp3) is 0.500. The van der Waals surface area contributed by atoms with Gasteiger partial charge in [0.15, 0.2) is 0 Å². The van der Waals surface area contributed by atoms with Crippen LogP contribution in [0.25, 0.3) is 0 Å². The normalized spacial score (nSPS) is 25.5. The van der Waals surface area contributed by atoms with Crippen LogP contribution in [-0.4, -0.2) is 24.9 Å². The van der Waals surface area contributed by atoms with Gasteiger partial charge in [0.1, 0.15) is 5.75 Å². The molecule has 1 heterocycles. The first-order chi connectivity index (χ1) is 7.24. The van der Waals surface area contributed by atoms with Crippen molar-refractivity contribution in [2.75, 3.05) is 13.7 Å². The number of aryl methyl sites for hydroxylation is 1. The quantitative estimate of drug-likeness (QED) is 0.770. The Morgan fingerprint density at radius 3 is 2.87 bits per heavy atom. The lowest BCUT2D eigenvalue weighted by Crippen LogP contribution is -2.21. The molecule has 3 nitrogen and oxygen atoms in total. The highest BCUT2D eigenvalue weighted by atomic mass is 16.5. The highest BCUT2D eigenvalue weighted by Crippen LogP contribution is 2.33. The molecule has 1 aromatic rings. The molecular weight excluding hydrogens is 190 g/mol. The second-order valence-corrected chi connectivity index (χ2v) is 3.99. The fourth-order valence-corrected chi connectivity index (χ4v) is 2.21. The summed E-state index contributed by atoms with van der Waals surface area (Å²) in [5.41, 5.74) is 2.17.